The molecular weight excluding hydrogens is 372 g/mol. The lowest BCUT2D eigenvalue weighted by atomic mass is 9.86. The standard InChI is InChI=1S/C15H16Br2S/c1-15(2,3)12-6-4-10(5-7-12)14(17)11-8-13(16)18-9-11/h4-9,14H,1-3H3. The summed E-state index contributed by atoms with van der Waals surface area (Å²) in [7, 11) is 0. The lowest BCUT2D eigenvalue weighted by Gasteiger charge is -2.19. The zero-order valence-corrected chi connectivity index (χ0v) is 14.7. The van der Waals surface area contributed by atoms with Gasteiger partial charge in [0.2, 0.25) is 0 Å². The van der Waals surface area contributed by atoms with Crippen LogP contribution in [0.1, 0.15) is 42.3 Å². The molecule has 2 aromatic rings. The van der Waals surface area contributed by atoms with Crippen LogP contribution in [0.3, 0.4) is 0 Å². The van der Waals surface area contributed by atoms with Crippen molar-refractivity contribution in [2.45, 2.75) is 31.0 Å². The summed E-state index contributed by atoms with van der Waals surface area (Å²) in [6.45, 7) is 6.72. The smallest absolute Gasteiger partial charge is 0.0701 e. The van der Waals surface area contributed by atoms with Gasteiger partial charge in [-0.2, -0.15) is 0 Å². The van der Waals surface area contributed by atoms with Crippen molar-refractivity contribution in [2.24, 2.45) is 0 Å². The lowest BCUT2D eigenvalue weighted by molar-refractivity contribution is 0.590. The van der Waals surface area contributed by atoms with Crippen LogP contribution in [0.4, 0.5) is 0 Å². The van der Waals surface area contributed by atoms with Crippen LogP contribution in [0, 0.1) is 0 Å². The van der Waals surface area contributed by atoms with Crippen LogP contribution in [0.5, 0.6) is 0 Å². The summed E-state index contributed by atoms with van der Waals surface area (Å²) >= 11 is 9.00. The molecule has 2 rings (SSSR count). The minimum absolute atomic E-state index is 0.214. The molecule has 18 heavy (non-hydrogen) atoms. The van der Waals surface area contributed by atoms with Crippen molar-refractivity contribution in [2.75, 3.05) is 0 Å². The first kappa shape index (κ1) is 14.3. The minimum atomic E-state index is 0.214. The molecule has 1 aromatic carbocycles. The van der Waals surface area contributed by atoms with E-state index in [9.17, 15) is 0 Å². The average molecular weight is 388 g/mol. The largest absolute Gasteiger partial charge is 0.136 e. The molecule has 0 amide bonds. The number of halogens is 2. The quantitative estimate of drug-likeness (QED) is 0.531. The van der Waals surface area contributed by atoms with Crippen molar-refractivity contribution in [1.29, 1.82) is 0 Å². The molecule has 0 spiro atoms. The summed E-state index contributed by atoms with van der Waals surface area (Å²) in [5, 5.41) is 2.18. The molecule has 0 bridgehead atoms. The maximum Gasteiger partial charge on any atom is 0.0701 e. The molecule has 0 aliphatic carbocycles. The molecule has 96 valence electrons. The van der Waals surface area contributed by atoms with Gasteiger partial charge in [-0.3, -0.25) is 0 Å². The molecule has 0 nitrogen and oxygen atoms in total. The van der Waals surface area contributed by atoms with Gasteiger partial charge in [0.05, 0.1) is 8.61 Å². The topological polar surface area (TPSA) is 0 Å². The van der Waals surface area contributed by atoms with E-state index in [0.717, 1.165) is 0 Å². The number of hydrogen-bond donors (Lipinski definition) is 0. The van der Waals surface area contributed by atoms with Crippen molar-refractivity contribution in [1.82, 2.24) is 0 Å². The fraction of sp³-hybridized carbons (Fsp3) is 0.333. The van der Waals surface area contributed by atoms with Crippen molar-refractivity contribution in [3.63, 3.8) is 0 Å². The fourth-order valence-electron chi connectivity index (χ4n) is 1.80. The molecule has 0 fully saturated rings. The molecule has 0 saturated carbocycles. The number of hydrogen-bond acceptors (Lipinski definition) is 1. The van der Waals surface area contributed by atoms with E-state index < -0.39 is 0 Å². The average Bonchev–Trinajstić information content (AvgIpc) is 2.74. The Morgan fingerprint density at radius 1 is 1.06 bits per heavy atom. The highest BCUT2D eigenvalue weighted by Crippen LogP contribution is 2.36. The first-order valence-corrected chi connectivity index (χ1v) is 8.45. The third kappa shape index (κ3) is 3.25. The van der Waals surface area contributed by atoms with Crippen LogP contribution in [0.2, 0.25) is 0 Å². The van der Waals surface area contributed by atoms with Crippen LogP contribution >= 0.6 is 43.2 Å². The second kappa shape index (κ2) is 5.48. The van der Waals surface area contributed by atoms with Crippen molar-refractivity contribution in [3.05, 3.63) is 56.2 Å². The summed E-state index contributed by atoms with van der Waals surface area (Å²) in [4.78, 5) is 0.272. The Morgan fingerprint density at radius 3 is 2.11 bits per heavy atom. The van der Waals surface area contributed by atoms with Gasteiger partial charge in [-0.1, -0.05) is 61.0 Å². The molecule has 1 aromatic heterocycles. The number of alkyl halides is 1. The Kier molecular flexibility index (Phi) is 4.35. The Hall–Kier alpha value is -0.120. The molecule has 1 heterocycles. The van der Waals surface area contributed by atoms with Crippen LogP contribution < -0.4 is 0 Å². The number of benzene rings is 1. The normalized spacial score (nSPS) is 13.6. The molecule has 0 aliphatic heterocycles. The van der Waals surface area contributed by atoms with Crippen molar-refractivity contribution >= 4 is 43.2 Å². The van der Waals surface area contributed by atoms with E-state index in [-0.39, 0.29) is 10.2 Å². The van der Waals surface area contributed by atoms with Gasteiger partial charge >= 0.3 is 0 Å². The molecular formula is C15H16Br2S. The molecule has 3 heteroatoms. The summed E-state index contributed by atoms with van der Waals surface area (Å²) < 4.78 is 1.17. The van der Waals surface area contributed by atoms with Gasteiger partial charge in [0.15, 0.2) is 0 Å². The maximum absolute atomic E-state index is 3.77. The highest BCUT2D eigenvalue weighted by molar-refractivity contribution is 9.11. The van der Waals surface area contributed by atoms with Crippen LogP contribution in [0.15, 0.2) is 39.5 Å². The van der Waals surface area contributed by atoms with E-state index in [0.29, 0.717) is 0 Å². The lowest BCUT2D eigenvalue weighted by Crippen LogP contribution is -2.10. The van der Waals surface area contributed by atoms with Gasteiger partial charge in [0, 0.05) is 0 Å². The van der Waals surface area contributed by atoms with Crippen molar-refractivity contribution in [3.8, 4) is 0 Å². The third-order valence-electron chi connectivity index (χ3n) is 2.95. The molecule has 0 radical (unpaired) electrons. The Labute approximate surface area is 130 Å². The Morgan fingerprint density at radius 2 is 1.67 bits per heavy atom. The Bertz CT molecular complexity index is 520. The minimum Gasteiger partial charge on any atom is -0.136 e. The predicted octanol–water partition coefficient (Wildman–Crippen LogP) is 6.29. The van der Waals surface area contributed by atoms with E-state index in [4.69, 9.17) is 0 Å². The van der Waals surface area contributed by atoms with Gasteiger partial charge in [0.25, 0.3) is 0 Å². The van der Waals surface area contributed by atoms with Gasteiger partial charge in [0.1, 0.15) is 0 Å². The fourth-order valence-corrected chi connectivity index (χ4v) is 3.75. The first-order chi connectivity index (χ1) is 8.38. The molecule has 0 N–H and O–H groups in total. The van der Waals surface area contributed by atoms with E-state index >= 15 is 0 Å². The summed E-state index contributed by atoms with van der Waals surface area (Å²) in [5.41, 5.74) is 4.19. The van der Waals surface area contributed by atoms with Gasteiger partial charge < -0.3 is 0 Å². The monoisotopic (exact) mass is 386 g/mol. The van der Waals surface area contributed by atoms with Crippen LogP contribution in [-0.4, -0.2) is 0 Å². The van der Waals surface area contributed by atoms with Gasteiger partial charge in [-0.15, -0.1) is 11.3 Å². The molecule has 0 saturated heterocycles. The first-order valence-electron chi connectivity index (χ1n) is 5.86. The van der Waals surface area contributed by atoms with E-state index in [1.807, 2.05) is 0 Å². The highest BCUT2D eigenvalue weighted by atomic mass is 79.9. The summed E-state index contributed by atoms with van der Waals surface area (Å²) in [6, 6.07) is 11.1. The van der Waals surface area contributed by atoms with E-state index in [1.54, 1.807) is 11.3 Å². The van der Waals surface area contributed by atoms with E-state index in [2.05, 4.69) is 88.3 Å². The Balaban J connectivity index is 2.24. The summed E-state index contributed by atoms with van der Waals surface area (Å²) in [6.07, 6.45) is 0. The van der Waals surface area contributed by atoms with E-state index in [1.165, 1.54) is 20.5 Å². The second-order valence-electron chi connectivity index (χ2n) is 5.42. The number of thiophene rings is 1. The van der Waals surface area contributed by atoms with Gasteiger partial charge in [-0.05, 0) is 49.5 Å². The predicted molar refractivity (Wildman–Crippen MR) is 87.9 cm³/mol. The molecule has 1 unspecified atom stereocenters. The second-order valence-corrected chi connectivity index (χ2v) is 8.62. The summed E-state index contributed by atoms with van der Waals surface area (Å²) in [5.74, 6) is 0. The van der Waals surface area contributed by atoms with Crippen LogP contribution in [-0.2, 0) is 5.41 Å². The maximum atomic E-state index is 3.77. The zero-order chi connectivity index (χ0) is 13.3. The zero-order valence-electron chi connectivity index (χ0n) is 10.7. The number of rotatable bonds is 2. The molecule has 0 aliphatic rings. The van der Waals surface area contributed by atoms with Gasteiger partial charge in [-0.25, -0.2) is 0 Å². The SMILES string of the molecule is CC(C)(C)c1ccc(C(Br)c2csc(Br)c2)cc1. The third-order valence-corrected chi connectivity index (χ3v) is 5.53. The van der Waals surface area contributed by atoms with Crippen molar-refractivity contribution < 1.29 is 0 Å². The highest BCUT2D eigenvalue weighted by Gasteiger charge is 2.15. The van der Waals surface area contributed by atoms with Crippen LogP contribution in [0.25, 0.3) is 0 Å². The molecule has 1 atom stereocenters.